The molecule has 1 saturated heterocycles. The van der Waals surface area contributed by atoms with Crippen LogP contribution in [0.15, 0.2) is 30.3 Å². The second-order valence-electron chi connectivity index (χ2n) is 5.65. The zero-order valence-electron chi connectivity index (χ0n) is 12.2. The van der Waals surface area contributed by atoms with E-state index in [1.807, 2.05) is 42.2 Å². The van der Waals surface area contributed by atoms with Crippen LogP contribution < -0.4 is 5.73 Å². The molecule has 5 heteroatoms. The van der Waals surface area contributed by atoms with E-state index < -0.39 is 5.92 Å². The van der Waals surface area contributed by atoms with E-state index >= 15 is 0 Å². The molecule has 114 valence electrons. The molecule has 1 aliphatic rings. The Hall–Kier alpha value is -1.46. The van der Waals surface area contributed by atoms with Gasteiger partial charge in [0.05, 0.1) is 11.1 Å². The molecule has 21 heavy (non-hydrogen) atoms. The van der Waals surface area contributed by atoms with Gasteiger partial charge >= 0.3 is 0 Å². The zero-order chi connectivity index (χ0) is 15.4. The Kier molecular flexibility index (Phi) is 5.31. The quantitative estimate of drug-likeness (QED) is 0.831. The van der Waals surface area contributed by atoms with Gasteiger partial charge in [-0.05, 0) is 31.2 Å². The molecule has 0 bridgehead atoms. The second-order valence-corrected chi connectivity index (χ2v) is 6.12. The lowest BCUT2D eigenvalue weighted by atomic mass is 9.90. The summed E-state index contributed by atoms with van der Waals surface area (Å²) < 4.78 is 0. The van der Waals surface area contributed by atoms with Crippen LogP contribution in [-0.2, 0) is 4.79 Å². The smallest absolute Gasteiger partial charge is 0.236 e. The first-order valence-corrected chi connectivity index (χ1v) is 7.72. The minimum Gasteiger partial charge on any atom is -0.393 e. The predicted octanol–water partition coefficient (Wildman–Crippen LogP) is 1.68. The summed E-state index contributed by atoms with van der Waals surface area (Å²) in [6.45, 7) is 3.12. The van der Waals surface area contributed by atoms with Crippen LogP contribution in [0.4, 0.5) is 0 Å². The summed E-state index contributed by atoms with van der Waals surface area (Å²) in [6, 6.07) is 9.43. The number of aliphatic hydroxyl groups is 1. The molecule has 1 aromatic rings. The molecule has 1 amide bonds. The van der Waals surface area contributed by atoms with Gasteiger partial charge in [0.15, 0.2) is 0 Å². The van der Waals surface area contributed by atoms with Gasteiger partial charge in [0.25, 0.3) is 0 Å². The average Bonchev–Trinajstić information content (AvgIpc) is 2.48. The first-order valence-electron chi connectivity index (χ1n) is 7.32. The summed E-state index contributed by atoms with van der Waals surface area (Å²) >= 11 is 5.10. The van der Waals surface area contributed by atoms with Crippen molar-refractivity contribution in [2.45, 2.75) is 31.8 Å². The number of aliphatic hydroxyl groups excluding tert-OH is 1. The van der Waals surface area contributed by atoms with Crippen molar-refractivity contribution in [3.63, 3.8) is 0 Å². The van der Waals surface area contributed by atoms with Crippen molar-refractivity contribution in [1.82, 2.24) is 4.90 Å². The van der Waals surface area contributed by atoms with Gasteiger partial charge in [0.2, 0.25) is 5.91 Å². The third-order valence-electron chi connectivity index (χ3n) is 4.20. The molecular formula is C16H22N2O2S. The number of thiocarbonyl (C=S) groups is 1. The Morgan fingerprint density at radius 3 is 2.38 bits per heavy atom. The van der Waals surface area contributed by atoms with E-state index in [0.717, 1.165) is 18.4 Å². The van der Waals surface area contributed by atoms with Gasteiger partial charge in [0, 0.05) is 13.1 Å². The predicted molar refractivity (Wildman–Crippen MR) is 87.0 cm³/mol. The lowest BCUT2D eigenvalue weighted by Gasteiger charge is -2.35. The number of hydrogen-bond acceptors (Lipinski definition) is 3. The van der Waals surface area contributed by atoms with E-state index in [-0.39, 0.29) is 22.9 Å². The number of rotatable bonds is 4. The Balaban J connectivity index is 2.09. The van der Waals surface area contributed by atoms with Crippen molar-refractivity contribution in [2.75, 3.05) is 13.1 Å². The number of hydrogen-bond donors (Lipinski definition) is 2. The fourth-order valence-electron chi connectivity index (χ4n) is 2.86. The molecule has 0 aromatic heterocycles. The maximum Gasteiger partial charge on any atom is 0.236 e. The van der Waals surface area contributed by atoms with Gasteiger partial charge in [0.1, 0.15) is 5.92 Å². The van der Waals surface area contributed by atoms with Crippen LogP contribution >= 0.6 is 12.2 Å². The summed E-state index contributed by atoms with van der Waals surface area (Å²) in [6.07, 6.45) is 1.33. The number of nitrogens with two attached hydrogens (primary N) is 1. The minimum absolute atomic E-state index is 0.0299. The number of likely N-dealkylation sites (tertiary alicyclic amines) is 1. The molecule has 0 radical (unpaired) electrons. The van der Waals surface area contributed by atoms with Crippen LogP contribution in [0.1, 0.15) is 31.2 Å². The molecule has 1 aromatic carbocycles. The van der Waals surface area contributed by atoms with Crippen molar-refractivity contribution in [1.29, 1.82) is 0 Å². The number of amides is 1. The average molecular weight is 306 g/mol. The van der Waals surface area contributed by atoms with Crippen LogP contribution in [0.5, 0.6) is 0 Å². The normalized spacial score (nSPS) is 19.0. The molecule has 4 nitrogen and oxygen atoms in total. The highest BCUT2D eigenvalue weighted by Crippen LogP contribution is 2.25. The van der Waals surface area contributed by atoms with Gasteiger partial charge in [-0.2, -0.15) is 0 Å². The summed E-state index contributed by atoms with van der Waals surface area (Å²) in [5.74, 6) is -0.309. The Bertz CT molecular complexity index is 496. The number of carbonyl (C=O) groups excluding carboxylic acids is 1. The summed E-state index contributed by atoms with van der Waals surface area (Å²) in [5.41, 5.74) is 6.64. The fourth-order valence-corrected chi connectivity index (χ4v) is 3.10. The van der Waals surface area contributed by atoms with Gasteiger partial charge in [-0.25, -0.2) is 0 Å². The zero-order valence-corrected chi connectivity index (χ0v) is 13.1. The SMILES string of the molecule is CC(O)C1CCN(C(=O)C(C(N)=S)c2ccccc2)CC1. The van der Waals surface area contributed by atoms with Crippen LogP contribution in [0.25, 0.3) is 0 Å². The monoisotopic (exact) mass is 306 g/mol. The van der Waals surface area contributed by atoms with Crippen LogP contribution in [0, 0.1) is 5.92 Å². The van der Waals surface area contributed by atoms with Gasteiger partial charge in [-0.15, -0.1) is 0 Å². The minimum atomic E-state index is -0.552. The van der Waals surface area contributed by atoms with Crippen molar-refractivity contribution < 1.29 is 9.90 Å². The topological polar surface area (TPSA) is 66.6 Å². The first-order chi connectivity index (χ1) is 10.0. The Labute approximate surface area is 130 Å². The number of carbonyl (C=O) groups is 1. The molecule has 2 rings (SSSR count). The molecule has 0 spiro atoms. The molecule has 0 saturated carbocycles. The highest BCUT2D eigenvalue weighted by atomic mass is 32.1. The van der Waals surface area contributed by atoms with E-state index in [4.69, 9.17) is 18.0 Å². The van der Waals surface area contributed by atoms with Crippen molar-refractivity contribution >= 4 is 23.1 Å². The second kappa shape index (κ2) is 7.00. The van der Waals surface area contributed by atoms with Crippen LogP contribution in [0.3, 0.4) is 0 Å². The van der Waals surface area contributed by atoms with Gasteiger partial charge < -0.3 is 15.7 Å². The lowest BCUT2D eigenvalue weighted by molar-refractivity contribution is -0.133. The number of benzene rings is 1. The maximum atomic E-state index is 12.7. The third kappa shape index (κ3) is 3.80. The van der Waals surface area contributed by atoms with Crippen molar-refractivity contribution in [3.05, 3.63) is 35.9 Å². The molecule has 0 aliphatic carbocycles. The molecule has 2 atom stereocenters. The Morgan fingerprint density at radius 1 is 1.33 bits per heavy atom. The number of nitrogens with zero attached hydrogens (tertiary/aromatic N) is 1. The molecule has 1 aliphatic heterocycles. The molecule has 2 unspecified atom stereocenters. The highest BCUT2D eigenvalue weighted by Gasteiger charge is 2.31. The van der Waals surface area contributed by atoms with E-state index in [1.54, 1.807) is 0 Å². The van der Waals surface area contributed by atoms with Gasteiger partial charge in [-0.1, -0.05) is 42.5 Å². The number of piperidine rings is 1. The lowest BCUT2D eigenvalue weighted by Crippen LogP contribution is -2.45. The van der Waals surface area contributed by atoms with E-state index in [2.05, 4.69) is 0 Å². The Morgan fingerprint density at radius 2 is 1.90 bits per heavy atom. The van der Waals surface area contributed by atoms with Crippen LogP contribution in [0.2, 0.25) is 0 Å². The summed E-state index contributed by atoms with van der Waals surface area (Å²) in [5, 5.41) is 9.63. The van der Waals surface area contributed by atoms with Crippen LogP contribution in [-0.4, -0.2) is 40.1 Å². The van der Waals surface area contributed by atoms with E-state index in [1.165, 1.54) is 0 Å². The van der Waals surface area contributed by atoms with Crippen molar-refractivity contribution in [3.8, 4) is 0 Å². The van der Waals surface area contributed by atoms with Crippen molar-refractivity contribution in [2.24, 2.45) is 11.7 Å². The van der Waals surface area contributed by atoms with Gasteiger partial charge in [-0.3, -0.25) is 4.79 Å². The summed E-state index contributed by atoms with van der Waals surface area (Å²) in [7, 11) is 0. The largest absolute Gasteiger partial charge is 0.393 e. The molecule has 1 heterocycles. The third-order valence-corrected chi connectivity index (χ3v) is 4.43. The first kappa shape index (κ1) is 15.9. The standard InChI is InChI=1S/C16H22N2O2S/c1-11(19)12-7-9-18(10-8-12)16(20)14(15(17)21)13-5-3-2-4-6-13/h2-6,11-12,14,19H,7-10H2,1H3,(H2,17,21). The molecule has 1 fully saturated rings. The highest BCUT2D eigenvalue weighted by molar-refractivity contribution is 7.80. The maximum absolute atomic E-state index is 12.7. The molecule has 3 N–H and O–H groups in total. The summed E-state index contributed by atoms with van der Waals surface area (Å²) in [4.78, 5) is 14.7. The van der Waals surface area contributed by atoms with E-state index in [9.17, 15) is 9.90 Å². The fraction of sp³-hybridized carbons (Fsp3) is 0.500. The van der Waals surface area contributed by atoms with E-state index in [0.29, 0.717) is 13.1 Å². The molecular weight excluding hydrogens is 284 g/mol.